The fourth-order valence-electron chi connectivity index (χ4n) is 4.24. The minimum Gasteiger partial charge on any atom is -0.378 e. The van der Waals surface area contributed by atoms with Gasteiger partial charge in [-0.3, -0.25) is 14.2 Å². The van der Waals surface area contributed by atoms with E-state index in [0.717, 1.165) is 47.0 Å². The van der Waals surface area contributed by atoms with Crippen LogP contribution in [0.2, 0.25) is 0 Å². The van der Waals surface area contributed by atoms with E-state index in [1.54, 1.807) is 20.8 Å². The molecule has 0 N–H and O–H groups in total. The molecule has 1 aromatic carbocycles. The number of rotatable bonds is 3. The van der Waals surface area contributed by atoms with Crippen molar-refractivity contribution in [2.75, 3.05) is 26.3 Å². The van der Waals surface area contributed by atoms with E-state index in [2.05, 4.69) is 0 Å². The molecule has 0 unspecified atom stereocenters. The number of carbonyl (C=O) groups is 1. The second-order valence-electron chi connectivity index (χ2n) is 7.58. The van der Waals surface area contributed by atoms with E-state index in [9.17, 15) is 9.59 Å². The molecule has 0 spiro atoms. The van der Waals surface area contributed by atoms with E-state index in [1.165, 1.54) is 4.88 Å². The van der Waals surface area contributed by atoms with E-state index in [1.807, 2.05) is 30.3 Å². The van der Waals surface area contributed by atoms with Crippen LogP contribution in [-0.2, 0) is 28.9 Å². The van der Waals surface area contributed by atoms with Crippen molar-refractivity contribution in [2.24, 2.45) is 0 Å². The van der Waals surface area contributed by atoms with Gasteiger partial charge >= 0.3 is 0 Å². The predicted octanol–water partition coefficient (Wildman–Crippen LogP) is 2.86. The van der Waals surface area contributed by atoms with E-state index < -0.39 is 0 Å². The predicted molar refractivity (Wildman–Crippen MR) is 113 cm³/mol. The van der Waals surface area contributed by atoms with Crippen LogP contribution in [0.25, 0.3) is 21.6 Å². The van der Waals surface area contributed by atoms with Crippen LogP contribution in [0.4, 0.5) is 0 Å². The average Bonchev–Trinajstić information content (AvgIpc) is 3.15. The summed E-state index contributed by atoms with van der Waals surface area (Å²) in [4.78, 5) is 35.3. The average molecular weight is 410 g/mol. The molecule has 0 saturated carbocycles. The van der Waals surface area contributed by atoms with Gasteiger partial charge in [0.25, 0.3) is 5.56 Å². The fraction of sp³-hybridized carbons (Fsp3) is 0.409. The van der Waals surface area contributed by atoms with Gasteiger partial charge in [-0.15, -0.1) is 11.3 Å². The summed E-state index contributed by atoms with van der Waals surface area (Å²) in [6.45, 7) is 2.23. The first-order chi connectivity index (χ1) is 14.2. The van der Waals surface area contributed by atoms with Gasteiger partial charge in [0.1, 0.15) is 17.2 Å². The molecule has 1 aliphatic carbocycles. The molecule has 2 aliphatic rings. The van der Waals surface area contributed by atoms with Gasteiger partial charge < -0.3 is 9.64 Å². The molecule has 3 aromatic rings. The van der Waals surface area contributed by atoms with Crippen molar-refractivity contribution in [3.05, 3.63) is 51.1 Å². The first-order valence-electron chi connectivity index (χ1n) is 10.2. The van der Waals surface area contributed by atoms with Crippen LogP contribution >= 0.6 is 11.3 Å². The van der Waals surface area contributed by atoms with Gasteiger partial charge in [0.05, 0.1) is 18.6 Å². The highest BCUT2D eigenvalue weighted by molar-refractivity contribution is 7.18. The molecule has 5 rings (SSSR count). The van der Waals surface area contributed by atoms with Gasteiger partial charge in [-0.05, 0) is 31.2 Å². The molecule has 0 radical (unpaired) electrons. The Balaban J connectivity index is 1.65. The number of hydrogen-bond donors (Lipinski definition) is 0. The molecule has 3 heterocycles. The highest BCUT2D eigenvalue weighted by Gasteiger charge is 2.25. The zero-order valence-corrected chi connectivity index (χ0v) is 17.0. The summed E-state index contributed by atoms with van der Waals surface area (Å²) in [5, 5.41) is 0.721. The molecule has 29 heavy (non-hydrogen) atoms. The molecular formula is C22H23N3O3S. The lowest BCUT2D eigenvalue weighted by molar-refractivity contribution is -0.135. The largest absolute Gasteiger partial charge is 0.378 e. The number of hydrogen-bond acceptors (Lipinski definition) is 5. The Hall–Kier alpha value is -2.51. The Kier molecular flexibility index (Phi) is 4.93. The van der Waals surface area contributed by atoms with Gasteiger partial charge in [-0.25, -0.2) is 4.98 Å². The third-order valence-corrected chi connectivity index (χ3v) is 6.95. The molecule has 6 nitrogen and oxygen atoms in total. The topological polar surface area (TPSA) is 64.4 Å². The number of amides is 1. The van der Waals surface area contributed by atoms with E-state index in [0.29, 0.717) is 32.1 Å². The number of aromatic nitrogens is 2. The van der Waals surface area contributed by atoms with Gasteiger partial charge in [0, 0.05) is 23.5 Å². The zero-order chi connectivity index (χ0) is 19.8. The number of carbonyl (C=O) groups excluding carboxylic acids is 1. The van der Waals surface area contributed by atoms with Crippen molar-refractivity contribution in [2.45, 2.75) is 32.2 Å². The number of aryl methyl sites for hydroxylation is 2. The van der Waals surface area contributed by atoms with E-state index in [-0.39, 0.29) is 18.0 Å². The molecule has 1 aliphatic heterocycles. The summed E-state index contributed by atoms with van der Waals surface area (Å²) in [6, 6.07) is 9.68. The standard InChI is InChI=1S/C22H23N3O3S/c26-18(24-10-12-28-13-11-24)14-25-20(15-6-2-1-3-7-15)23-21-19(22(25)27)16-8-4-5-9-17(16)29-21/h1-3,6-7H,4-5,8-14H2. The zero-order valence-electron chi connectivity index (χ0n) is 16.2. The Morgan fingerprint density at radius 1 is 1.10 bits per heavy atom. The highest BCUT2D eigenvalue weighted by Crippen LogP contribution is 2.34. The third-order valence-electron chi connectivity index (χ3n) is 5.76. The summed E-state index contributed by atoms with van der Waals surface area (Å²) in [5.41, 5.74) is 1.92. The van der Waals surface area contributed by atoms with Crippen LogP contribution in [0.5, 0.6) is 0 Å². The van der Waals surface area contributed by atoms with Crippen LogP contribution in [0.15, 0.2) is 35.1 Å². The maximum Gasteiger partial charge on any atom is 0.263 e. The Morgan fingerprint density at radius 3 is 2.66 bits per heavy atom. The van der Waals surface area contributed by atoms with Crippen molar-refractivity contribution in [1.82, 2.24) is 14.5 Å². The lowest BCUT2D eigenvalue weighted by atomic mass is 9.97. The number of thiophene rings is 1. The molecular weight excluding hydrogens is 386 g/mol. The molecule has 1 amide bonds. The quantitative estimate of drug-likeness (QED) is 0.667. The minimum absolute atomic E-state index is 0.0105. The SMILES string of the molecule is O=C(Cn1c(-c2ccccc2)nc2sc3c(c2c1=O)CCCC3)N1CCOCC1. The lowest BCUT2D eigenvalue weighted by Gasteiger charge is -2.27. The molecule has 1 saturated heterocycles. The normalized spacial score (nSPS) is 16.8. The van der Waals surface area contributed by atoms with E-state index in [4.69, 9.17) is 9.72 Å². The van der Waals surface area contributed by atoms with E-state index >= 15 is 0 Å². The van der Waals surface area contributed by atoms with Crippen molar-refractivity contribution in [1.29, 1.82) is 0 Å². The molecule has 7 heteroatoms. The smallest absolute Gasteiger partial charge is 0.263 e. The molecule has 150 valence electrons. The summed E-state index contributed by atoms with van der Waals surface area (Å²) in [7, 11) is 0. The maximum absolute atomic E-state index is 13.6. The first kappa shape index (κ1) is 18.5. The van der Waals surface area contributed by atoms with Gasteiger partial charge in [-0.1, -0.05) is 30.3 Å². The van der Waals surface area contributed by atoms with Crippen LogP contribution < -0.4 is 5.56 Å². The lowest BCUT2D eigenvalue weighted by Crippen LogP contribution is -2.43. The second kappa shape index (κ2) is 7.72. The second-order valence-corrected chi connectivity index (χ2v) is 8.66. The maximum atomic E-state index is 13.6. The van der Waals surface area contributed by atoms with Crippen LogP contribution in [-0.4, -0.2) is 46.7 Å². The summed E-state index contributed by atoms with van der Waals surface area (Å²) in [6.07, 6.45) is 4.21. The number of morpholine rings is 1. The molecule has 0 atom stereocenters. The van der Waals surface area contributed by atoms with Crippen molar-refractivity contribution in [3.8, 4) is 11.4 Å². The van der Waals surface area contributed by atoms with Crippen molar-refractivity contribution >= 4 is 27.5 Å². The minimum atomic E-state index is -0.0881. The highest BCUT2D eigenvalue weighted by atomic mass is 32.1. The Labute approximate surface area is 172 Å². The molecule has 1 fully saturated rings. The fourth-order valence-corrected chi connectivity index (χ4v) is 5.49. The van der Waals surface area contributed by atoms with Crippen molar-refractivity contribution < 1.29 is 9.53 Å². The monoisotopic (exact) mass is 409 g/mol. The summed E-state index contributed by atoms with van der Waals surface area (Å²) in [5.74, 6) is 0.515. The summed E-state index contributed by atoms with van der Waals surface area (Å²) >= 11 is 1.64. The first-order valence-corrected chi connectivity index (χ1v) is 11.0. The van der Waals surface area contributed by atoms with Crippen LogP contribution in [0.1, 0.15) is 23.3 Å². The Bertz CT molecular complexity index is 1110. The van der Waals surface area contributed by atoms with Gasteiger partial charge in [-0.2, -0.15) is 0 Å². The van der Waals surface area contributed by atoms with Crippen LogP contribution in [0.3, 0.4) is 0 Å². The number of nitrogens with zero attached hydrogens (tertiary/aromatic N) is 3. The third kappa shape index (κ3) is 3.38. The summed E-state index contributed by atoms with van der Waals surface area (Å²) < 4.78 is 6.93. The molecule has 0 bridgehead atoms. The van der Waals surface area contributed by atoms with Gasteiger partial charge in [0.15, 0.2) is 0 Å². The van der Waals surface area contributed by atoms with Crippen LogP contribution in [0, 0.1) is 0 Å². The number of ether oxygens (including phenoxy) is 1. The Morgan fingerprint density at radius 2 is 1.86 bits per heavy atom. The number of benzene rings is 1. The van der Waals surface area contributed by atoms with Crippen molar-refractivity contribution in [3.63, 3.8) is 0 Å². The van der Waals surface area contributed by atoms with Gasteiger partial charge in [0.2, 0.25) is 5.91 Å². The molecule has 2 aromatic heterocycles. The number of fused-ring (bicyclic) bond motifs is 3.